The largest absolute Gasteiger partial charge is 0.387 e. The van der Waals surface area contributed by atoms with Gasteiger partial charge in [-0.05, 0) is 30.3 Å². The summed E-state index contributed by atoms with van der Waals surface area (Å²) in [6.07, 6.45) is 0. The fourth-order valence-electron chi connectivity index (χ4n) is 2.35. The minimum absolute atomic E-state index is 0.128. The molecule has 0 saturated carbocycles. The van der Waals surface area contributed by atoms with Crippen LogP contribution in [0.2, 0.25) is 0 Å². The van der Waals surface area contributed by atoms with E-state index in [0.717, 1.165) is 11.1 Å². The van der Waals surface area contributed by atoms with E-state index < -0.39 is 0 Å². The molecule has 0 aromatic heterocycles. The Morgan fingerprint density at radius 3 is 2.33 bits per heavy atom. The SMILES string of the molecule is CN(Cc1ccc(F)cc1)CC(C(=N)N)c1ccccc1. The van der Waals surface area contributed by atoms with E-state index in [-0.39, 0.29) is 17.6 Å². The fourth-order valence-corrected chi connectivity index (χ4v) is 2.35. The second-order valence-corrected chi connectivity index (χ2v) is 5.24. The zero-order chi connectivity index (χ0) is 15.2. The minimum Gasteiger partial charge on any atom is -0.387 e. The highest BCUT2D eigenvalue weighted by Gasteiger charge is 2.17. The van der Waals surface area contributed by atoms with Gasteiger partial charge in [0.15, 0.2) is 0 Å². The average Bonchev–Trinajstić information content (AvgIpc) is 2.48. The number of halogens is 1. The molecule has 2 aromatic carbocycles. The monoisotopic (exact) mass is 285 g/mol. The first-order chi connectivity index (χ1) is 10.1. The minimum atomic E-state index is -0.229. The van der Waals surface area contributed by atoms with Crippen LogP contribution >= 0.6 is 0 Å². The maximum atomic E-state index is 12.9. The van der Waals surface area contributed by atoms with E-state index in [9.17, 15) is 4.39 Å². The molecule has 0 radical (unpaired) electrons. The highest BCUT2D eigenvalue weighted by Crippen LogP contribution is 2.17. The molecule has 0 aliphatic heterocycles. The van der Waals surface area contributed by atoms with Gasteiger partial charge in [0, 0.05) is 13.1 Å². The molecule has 3 N–H and O–H groups in total. The van der Waals surface area contributed by atoms with Gasteiger partial charge < -0.3 is 10.6 Å². The van der Waals surface area contributed by atoms with Crippen molar-refractivity contribution in [3.05, 3.63) is 71.5 Å². The highest BCUT2D eigenvalue weighted by atomic mass is 19.1. The van der Waals surface area contributed by atoms with Gasteiger partial charge in [-0.15, -0.1) is 0 Å². The van der Waals surface area contributed by atoms with E-state index in [1.807, 2.05) is 37.4 Å². The molecule has 3 nitrogen and oxygen atoms in total. The van der Waals surface area contributed by atoms with Gasteiger partial charge in [0.25, 0.3) is 0 Å². The van der Waals surface area contributed by atoms with Gasteiger partial charge in [0.2, 0.25) is 0 Å². The first kappa shape index (κ1) is 15.2. The molecule has 0 fully saturated rings. The predicted molar refractivity (Wildman–Crippen MR) is 83.8 cm³/mol. The van der Waals surface area contributed by atoms with Crippen molar-refractivity contribution in [2.45, 2.75) is 12.5 Å². The van der Waals surface area contributed by atoms with Gasteiger partial charge in [-0.3, -0.25) is 5.41 Å². The number of nitrogens with zero attached hydrogens (tertiary/aromatic N) is 1. The van der Waals surface area contributed by atoms with E-state index in [1.54, 1.807) is 12.1 Å². The normalized spacial score (nSPS) is 12.3. The number of hydrogen-bond donors (Lipinski definition) is 2. The third kappa shape index (κ3) is 4.39. The van der Waals surface area contributed by atoms with Crippen LogP contribution in [0, 0.1) is 11.2 Å². The average molecular weight is 285 g/mol. The van der Waals surface area contributed by atoms with Gasteiger partial charge in [0.1, 0.15) is 5.82 Å². The van der Waals surface area contributed by atoms with Crippen LogP contribution in [0.5, 0.6) is 0 Å². The van der Waals surface area contributed by atoms with E-state index >= 15 is 0 Å². The van der Waals surface area contributed by atoms with Crippen LogP contribution in [0.4, 0.5) is 4.39 Å². The Bertz CT molecular complexity index is 581. The molecule has 1 atom stereocenters. The maximum Gasteiger partial charge on any atom is 0.123 e. The van der Waals surface area contributed by atoms with Crippen molar-refractivity contribution in [2.75, 3.05) is 13.6 Å². The number of hydrogen-bond acceptors (Lipinski definition) is 2. The van der Waals surface area contributed by atoms with Crippen molar-refractivity contribution in [1.29, 1.82) is 5.41 Å². The Hall–Kier alpha value is -2.20. The van der Waals surface area contributed by atoms with Crippen LogP contribution < -0.4 is 5.73 Å². The van der Waals surface area contributed by atoms with Gasteiger partial charge in [-0.2, -0.15) is 0 Å². The molecular formula is C17H20FN3. The number of nitrogens with two attached hydrogens (primary N) is 1. The first-order valence-corrected chi connectivity index (χ1v) is 6.88. The van der Waals surface area contributed by atoms with E-state index in [4.69, 9.17) is 11.1 Å². The second-order valence-electron chi connectivity index (χ2n) is 5.24. The fraction of sp³-hybridized carbons (Fsp3) is 0.235. The van der Waals surface area contributed by atoms with Crippen molar-refractivity contribution in [1.82, 2.24) is 4.90 Å². The molecule has 0 amide bonds. The second kappa shape index (κ2) is 6.99. The summed E-state index contributed by atoms with van der Waals surface area (Å²) >= 11 is 0. The number of nitrogens with one attached hydrogen (secondary N) is 1. The van der Waals surface area contributed by atoms with Crippen molar-refractivity contribution >= 4 is 5.84 Å². The zero-order valence-electron chi connectivity index (χ0n) is 12.1. The van der Waals surface area contributed by atoms with Crippen LogP contribution in [0.15, 0.2) is 54.6 Å². The standard InChI is InChI=1S/C17H20FN3/c1-21(11-13-7-9-15(18)10-8-13)12-16(17(19)20)14-5-3-2-4-6-14/h2-10,16H,11-12H2,1H3,(H3,19,20). The molecule has 0 saturated heterocycles. The lowest BCUT2D eigenvalue weighted by molar-refractivity contribution is 0.322. The summed E-state index contributed by atoms with van der Waals surface area (Å²) in [7, 11) is 1.97. The van der Waals surface area contributed by atoms with Crippen molar-refractivity contribution < 1.29 is 4.39 Å². The number of likely N-dealkylation sites (N-methyl/N-ethyl adjacent to an activating group) is 1. The Balaban J connectivity index is 2.03. The molecular weight excluding hydrogens is 265 g/mol. The third-order valence-electron chi connectivity index (χ3n) is 3.44. The predicted octanol–water partition coefficient (Wildman–Crippen LogP) is 2.98. The lowest BCUT2D eigenvalue weighted by atomic mass is 9.97. The Labute approximate surface area is 124 Å². The lowest BCUT2D eigenvalue weighted by Crippen LogP contribution is -2.32. The lowest BCUT2D eigenvalue weighted by Gasteiger charge is -2.23. The molecule has 1 unspecified atom stereocenters. The summed E-state index contributed by atoms with van der Waals surface area (Å²) in [5.41, 5.74) is 7.81. The van der Waals surface area contributed by atoms with Crippen LogP contribution in [0.1, 0.15) is 17.0 Å². The summed E-state index contributed by atoms with van der Waals surface area (Å²) in [6, 6.07) is 16.3. The van der Waals surface area contributed by atoms with Crippen molar-refractivity contribution in [3.63, 3.8) is 0 Å². The summed E-state index contributed by atoms with van der Waals surface area (Å²) < 4.78 is 12.9. The van der Waals surface area contributed by atoms with Gasteiger partial charge in [-0.25, -0.2) is 4.39 Å². The Kier molecular flexibility index (Phi) is 5.06. The zero-order valence-corrected chi connectivity index (χ0v) is 12.1. The summed E-state index contributed by atoms with van der Waals surface area (Å²) in [5.74, 6) is -0.198. The molecule has 0 heterocycles. The van der Waals surface area contributed by atoms with Crippen molar-refractivity contribution in [2.24, 2.45) is 5.73 Å². The third-order valence-corrected chi connectivity index (χ3v) is 3.44. The van der Waals surface area contributed by atoms with Crippen LogP contribution in [0.25, 0.3) is 0 Å². The van der Waals surface area contributed by atoms with E-state index in [1.165, 1.54) is 12.1 Å². The van der Waals surface area contributed by atoms with Gasteiger partial charge in [0.05, 0.1) is 11.8 Å². The highest BCUT2D eigenvalue weighted by molar-refractivity contribution is 5.84. The summed E-state index contributed by atoms with van der Waals surface area (Å²) in [5, 5.41) is 7.79. The summed E-state index contributed by atoms with van der Waals surface area (Å²) in [4.78, 5) is 2.09. The Morgan fingerprint density at radius 1 is 1.14 bits per heavy atom. The quantitative estimate of drug-likeness (QED) is 0.633. The molecule has 0 aliphatic carbocycles. The molecule has 110 valence electrons. The number of rotatable bonds is 6. The van der Waals surface area contributed by atoms with Crippen LogP contribution in [-0.2, 0) is 6.54 Å². The van der Waals surface area contributed by atoms with Gasteiger partial charge in [-0.1, -0.05) is 42.5 Å². The molecule has 0 spiro atoms. The maximum absolute atomic E-state index is 12.9. The Morgan fingerprint density at radius 2 is 1.76 bits per heavy atom. The molecule has 2 aromatic rings. The number of benzene rings is 2. The molecule has 21 heavy (non-hydrogen) atoms. The summed E-state index contributed by atoms with van der Waals surface area (Å²) in [6.45, 7) is 1.34. The topological polar surface area (TPSA) is 53.1 Å². The van der Waals surface area contributed by atoms with Gasteiger partial charge >= 0.3 is 0 Å². The van der Waals surface area contributed by atoms with E-state index in [2.05, 4.69) is 4.90 Å². The van der Waals surface area contributed by atoms with Crippen molar-refractivity contribution in [3.8, 4) is 0 Å². The molecule has 2 rings (SSSR count). The van der Waals surface area contributed by atoms with E-state index in [0.29, 0.717) is 13.1 Å². The first-order valence-electron chi connectivity index (χ1n) is 6.88. The smallest absolute Gasteiger partial charge is 0.123 e. The van der Waals surface area contributed by atoms with Crippen LogP contribution in [-0.4, -0.2) is 24.3 Å². The number of amidine groups is 1. The van der Waals surface area contributed by atoms with Crippen LogP contribution in [0.3, 0.4) is 0 Å². The molecule has 0 aliphatic rings. The molecule has 4 heteroatoms. The molecule has 0 bridgehead atoms.